The number of rotatable bonds is 10. The van der Waals surface area contributed by atoms with Crippen molar-refractivity contribution in [3.63, 3.8) is 0 Å². The highest BCUT2D eigenvalue weighted by Gasteiger charge is 2.24. The Bertz CT molecular complexity index is 1340. The third kappa shape index (κ3) is 5.83. The van der Waals surface area contributed by atoms with Gasteiger partial charge in [0.2, 0.25) is 0 Å². The van der Waals surface area contributed by atoms with Gasteiger partial charge in [-0.15, -0.1) is 0 Å². The van der Waals surface area contributed by atoms with Crippen LogP contribution >= 0.6 is 0 Å². The van der Waals surface area contributed by atoms with E-state index >= 15 is 0 Å². The summed E-state index contributed by atoms with van der Waals surface area (Å²) in [5, 5.41) is 14.2. The Morgan fingerprint density at radius 3 is 2.56 bits per heavy atom. The van der Waals surface area contributed by atoms with Crippen molar-refractivity contribution in [1.82, 2.24) is 10.3 Å². The Hall–Kier alpha value is -3.90. The van der Waals surface area contributed by atoms with Crippen LogP contribution in [0.2, 0.25) is 0 Å². The summed E-state index contributed by atoms with van der Waals surface area (Å²) in [6.07, 6.45) is 6.47. The predicted octanol–water partition coefficient (Wildman–Crippen LogP) is 6.16. The van der Waals surface area contributed by atoms with Crippen molar-refractivity contribution in [3.05, 3.63) is 101 Å². The number of aliphatic hydroxyl groups is 1. The maximum absolute atomic E-state index is 13.4. The quantitative estimate of drug-likeness (QED) is 0.235. The highest BCUT2D eigenvalue weighted by atomic mass is 19.1. The molecule has 186 valence electrons. The van der Waals surface area contributed by atoms with Gasteiger partial charge in [-0.3, -0.25) is 4.79 Å². The molecule has 0 radical (unpaired) electrons. The molecular formula is C30H31FN2O3. The molecule has 0 bridgehead atoms. The molecule has 4 aromatic rings. The average molecular weight is 487 g/mol. The van der Waals surface area contributed by atoms with E-state index in [1.165, 1.54) is 12.1 Å². The van der Waals surface area contributed by atoms with Gasteiger partial charge in [-0.05, 0) is 53.4 Å². The van der Waals surface area contributed by atoms with E-state index in [1.807, 2.05) is 62.5 Å². The van der Waals surface area contributed by atoms with Crippen LogP contribution in [0, 0.1) is 5.82 Å². The van der Waals surface area contributed by atoms with Crippen LogP contribution in [-0.2, 0) is 0 Å². The molecule has 0 spiro atoms. The van der Waals surface area contributed by atoms with Gasteiger partial charge in [0.15, 0.2) is 0 Å². The molecule has 3 N–H and O–H groups in total. The molecule has 3 aromatic carbocycles. The van der Waals surface area contributed by atoms with Crippen LogP contribution in [0.25, 0.3) is 23.1 Å². The molecule has 4 rings (SSSR count). The van der Waals surface area contributed by atoms with Crippen LogP contribution in [0.4, 0.5) is 4.39 Å². The van der Waals surface area contributed by atoms with Gasteiger partial charge in [-0.2, -0.15) is 0 Å². The molecule has 5 nitrogen and oxygen atoms in total. The molecule has 1 heterocycles. The lowest BCUT2D eigenvalue weighted by atomic mass is 9.93. The maximum Gasteiger partial charge on any atom is 0.255 e. The summed E-state index contributed by atoms with van der Waals surface area (Å²) in [5.41, 5.74) is 4.09. The zero-order valence-electron chi connectivity index (χ0n) is 20.5. The highest BCUT2D eigenvalue weighted by Crippen LogP contribution is 2.28. The Kier molecular flexibility index (Phi) is 8.18. The van der Waals surface area contributed by atoms with Crippen molar-refractivity contribution in [1.29, 1.82) is 0 Å². The fourth-order valence-corrected chi connectivity index (χ4v) is 4.20. The number of carbonyl (C=O) groups is 1. The number of aromatic nitrogens is 1. The smallest absolute Gasteiger partial charge is 0.255 e. The van der Waals surface area contributed by atoms with Gasteiger partial charge in [0.05, 0.1) is 24.8 Å². The second kappa shape index (κ2) is 11.7. The minimum absolute atomic E-state index is 0.128. The van der Waals surface area contributed by atoms with Gasteiger partial charge >= 0.3 is 0 Å². The number of amides is 1. The molecule has 0 saturated heterocycles. The summed E-state index contributed by atoms with van der Waals surface area (Å²) in [5.74, 6) is -0.242. The second-order valence-electron chi connectivity index (χ2n) is 8.83. The maximum atomic E-state index is 13.4. The molecule has 36 heavy (non-hydrogen) atoms. The van der Waals surface area contributed by atoms with E-state index in [0.29, 0.717) is 17.9 Å². The van der Waals surface area contributed by atoms with Crippen molar-refractivity contribution in [2.24, 2.45) is 0 Å². The van der Waals surface area contributed by atoms with Gasteiger partial charge in [-0.25, -0.2) is 4.39 Å². The number of hydrogen-bond donors (Lipinski definition) is 3. The monoisotopic (exact) mass is 486 g/mol. The molecule has 6 heteroatoms. The zero-order valence-corrected chi connectivity index (χ0v) is 20.5. The van der Waals surface area contributed by atoms with E-state index in [-0.39, 0.29) is 24.2 Å². The van der Waals surface area contributed by atoms with Crippen LogP contribution < -0.4 is 10.1 Å². The van der Waals surface area contributed by atoms with Gasteiger partial charge in [0.1, 0.15) is 11.6 Å². The Morgan fingerprint density at radius 2 is 1.81 bits per heavy atom. The second-order valence-corrected chi connectivity index (χ2v) is 8.83. The fourth-order valence-electron chi connectivity index (χ4n) is 4.20. The highest BCUT2D eigenvalue weighted by molar-refractivity contribution is 5.98. The Morgan fingerprint density at radius 1 is 1.08 bits per heavy atom. The van der Waals surface area contributed by atoms with Gasteiger partial charge in [0, 0.05) is 23.0 Å². The Labute approximate surface area is 210 Å². The van der Waals surface area contributed by atoms with Crippen molar-refractivity contribution in [2.75, 3.05) is 13.2 Å². The van der Waals surface area contributed by atoms with Crippen LogP contribution in [-0.4, -0.2) is 35.3 Å². The number of nitrogens with one attached hydrogen (secondary N) is 2. The summed E-state index contributed by atoms with van der Waals surface area (Å²) < 4.78 is 19.0. The van der Waals surface area contributed by atoms with Crippen LogP contribution in [0.5, 0.6) is 5.75 Å². The van der Waals surface area contributed by atoms with E-state index in [2.05, 4.69) is 10.3 Å². The van der Waals surface area contributed by atoms with E-state index in [4.69, 9.17) is 4.74 Å². The summed E-state index contributed by atoms with van der Waals surface area (Å²) in [6.45, 7) is 4.28. The Balaban J connectivity index is 1.58. The summed E-state index contributed by atoms with van der Waals surface area (Å²) in [7, 11) is 0. The number of fused-ring (bicyclic) bond motifs is 1. The van der Waals surface area contributed by atoms with Crippen molar-refractivity contribution < 1.29 is 19.0 Å². The van der Waals surface area contributed by atoms with Gasteiger partial charge < -0.3 is 20.1 Å². The molecule has 0 aliphatic rings. The number of aromatic amines is 1. The molecule has 1 amide bonds. The first-order valence-electron chi connectivity index (χ1n) is 12.2. The van der Waals surface area contributed by atoms with E-state index < -0.39 is 6.04 Å². The topological polar surface area (TPSA) is 74.3 Å². The molecule has 0 aliphatic carbocycles. The SMILES string of the molecule is CCCOc1ccc(C=Cc2ccc(F)cc2)cc1C(=O)N[C@@H](CO)C(C)c1c[nH]c2ccccc12. The van der Waals surface area contributed by atoms with Crippen molar-refractivity contribution >= 4 is 29.0 Å². The molecular weight excluding hydrogens is 455 g/mol. The third-order valence-corrected chi connectivity index (χ3v) is 6.28. The minimum Gasteiger partial charge on any atom is -0.493 e. The lowest BCUT2D eigenvalue weighted by molar-refractivity contribution is 0.0903. The minimum atomic E-state index is -0.492. The average Bonchev–Trinajstić information content (AvgIpc) is 3.34. The summed E-state index contributed by atoms with van der Waals surface area (Å²) >= 11 is 0. The first-order valence-corrected chi connectivity index (χ1v) is 12.2. The largest absolute Gasteiger partial charge is 0.493 e. The van der Waals surface area contributed by atoms with Crippen LogP contribution in [0.3, 0.4) is 0 Å². The van der Waals surface area contributed by atoms with Crippen molar-refractivity contribution in [2.45, 2.75) is 32.2 Å². The van der Waals surface area contributed by atoms with Crippen LogP contribution in [0.15, 0.2) is 72.9 Å². The van der Waals surface area contributed by atoms with Gasteiger partial charge in [0.25, 0.3) is 5.91 Å². The molecule has 0 fully saturated rings. The number of para-hydroxylation sites is 1. The number of hydrogen-bond acceptors (Lipinski definition) is 3. The normalized spacial score (nSPS) is 13.1. The number of H-pyrrole nitrogens is 1. The number of carbonyl (C=O) groups excluding carboxylic acids is 1. The van der Waals surface area contributed by atoms with Crippen molar-refractivity contribution in [3.8, 4) is 5.75 Å². The summed E-state index contributed by atoms with van der Waals surface area (Å²) in [4.78, 5) is 16.7. The molecule has 2 atom stereocenters. The fraction of sp³-hybridized carbons (Fsp3) is 0.233. The lowest BCUT2D eigenvalue weighted by Crippen LogP contribution is -2.41. The molecule has 0 aliphatic heterocycles. The number of benzene rings is 3. The standard InChI is InChI=1S/C30H31FN2O3/c1-3-16-36-29-15-12-22(9-8-21-10-13-23(31)14-11-21)17-25(29)30(35)33-28(19-34)20(2)26-18-32-27-7-5-4-6-24(26)27/h4-15,17-18,20,28,32,34H,3,16,19H2,1-2H3,(H,33,35)/t20?,28-/m0/s1. The van der Waals surface area contributed by atoms with E-state index in [0.717, 1.165) is 34.0 Å². The molecule has 1 unspecified atom stereocenters. The number of aliphatic hydroxyl groups excluding tert-OH is 1. The third-order valence-electron chi connectivity index (χ3n) is 6.28. The zero-order chi connectivity index (χ0) is 25.5. The predicted molar refractivity (Wildman–Crippen MR) is 143 cm³/mol. The lowest BCUT2D eigenvalue weighted by Gasteiger charge is -2.24. The first kappa shape index (κ1) is 25.2. The molecule has 1 aromatic heterocycles. The van der Waals surface area contributed by atoms with Gasteiger partial charge in [-0.1, -0.05) is 62.4 Å². The number of halogens is 1. The van der Waals surface area contributed by atoms with E-state index in [9.17, 15) is 14.3 Å². The van der Waals surface area contributed by atoms with Crippen LogP contribution in [0.1, 0.15) is 53.2 Å². The first-order chi connectivity index (χ1) is 17.5. The molecule has 0 saturated carbocycles. The number of ether oxygens (including phenoxy) is 1. The summed E-state index contributed by atoms with van der Waals surface area (Å²) in [6, 6.07) is 19.1. The van der Waals surface area contributed by atoms with E-state index in [1.54, 1.807) is 24.3 Å².